The molecule has 0 aromatic carbocycles. The third-order valence-corrected chi connectivity index (χ3v) is 32.4. The number of likely N-dealkylation sites (tertiary alicyclic amines) is 3. The number of ether oxygens (including phenoxy) is 4. The van der Waals surface area contributed by atoms with E-state index < -0.39 is 212 Å². The number of amides is 15. The summed E-state index contributed by atoms with van der Waals surface area (Å²) in [6, 6.07) is -15.9. The van der Waals surface area contributed by atoms with Crippen LogP contribution in [-0.4, -0.2) is 252 Å². The molecule has 139 heavy (non-hydrogen) atoms. The minimum atomic E-state index is -4.78. The molecule has 0 spiro atoms. The van der Waals surface area contributed by atoms with Crippen molar-refractivity contribution in [3.8, 4) is 0 Å². The summed E-state index contributed by atoms with van der Waals surface area (Å²) >= 11 is 0. The summed E-state index contributed by atoms with van der Waals surface area (Å²) in [7, 11) is 0. The van der Waals surface area contributed by atoms with Crippen LogP contribution in [0.3, 0.4) is 0 Å². The minimum Gasteiger partial charge on any atom is -0.464 e. The van der Waals surface area contributed by atoms with Crippen molar-refractivity contribution in [1.29, 1.82) is 0 Å². The molecule has 37 nitrogen and oxygen atoms in total. The summed E-state index contributed by atoms with van der Waals surface area (Å²) in [5.74, 6) is -11.4. The van der Waals surface area contributed by atoms with Crippen molar-refractivity contribution in [3.63, 3.8) is 0 Å². The number of primary amides is 3. The molecule has 778 valence electrons. The fourth-order valence-corrected chi connectivity index (χ4v) is 22.0. The molecule has 4 heterocycles. The van der Waals surface area contributed by atoms with Crippen molar-refractivity contribution in [2.75, 3.05) is 39.5 Å². The van der Waals surface area contributed by atoms with Gasteiger partial charge in [0.2, 0.25) is 52.8 Å². The van der Waals surface area contributed by atoms with E-state index in [2.05, 4.69) is 61.7 Å². The van der Waals surface area contributed by atoms with Gasteiger partial charge in [-0.3, -0.25) is 57.5 Å². The van der Waals surface area contributed by atoms with E-state index in [-0.39, 0.29) is 126 Å². The molecule has 9 aliphatic carbocycles. The first-order valence-corrected chi connectivity index (χ1v) is 50.1. The highest BCUT2D eigenvalue weighted by molar-refractivity contribution is 6.39. The monoisotopic (exact) mass is 1960 g/mol. The Bertz CT molecular complexity index is 4670. The largest absolute Gasteiger partial charge is 0.464 e. The predicted octanol–water partition coefficient (Wildman–Crippen LogP) is 6.66. The van der Waals surface area contributed by atoms with Crippen LogP contribution in [-0.2, 0) is 90.9 Å². The number of nitrogens with one attached hydrogen (secondary N) is 9. The Morgan fingerprint density at radius 3 is 0.993 bits per heavy atom. The van der Waals surface area contributed by atoms with Crippen molar-refractivity contribution < 1.29 is 118 Å². The molecule has 13 fully saturated rings. The summed E-state index contributed by atoms with van der Waals surface area (Å²) < 4.78 is 64.1. The summed E-state index contributed by atoms with van der Waals surface area (Å²) in [5.41, 5.74) is 9.58. The molecule has 4 aliphatic heterocycles. The molecule has 0 aromatic rings. The summed E-state index contributed by atoms with van der Waals surface area (Å²) in [5, 5.41) is 24.0. The Balaban J connectivity index is 0.000000200. The smallest absolute Gasteiger partial charge is 0.397 e. The number of urea groups is 3. The van der Waals surface area contributed by atoms with Gasteiger partial charge >= 0.3 is 42.2 Å². The third kappa shape index (κ3) is 25.3. The summed E-state index contributed by atoms with van der Waals surface area (Å²) in [6.07, 6.45) is 9.12. The topological polar surface area (TPSA) is 540 Å². The second-order valence-corrected chi connectivity index (χ2v) is 48.3. The Morgan fingerprint density at radius 1 is 0.388 bits per heavy atom. The van der Waals surface area contributed by atoms with Gasteiger partial charge in [0.25, 0.3) is 17.7 Å². The average molecular weight is 1960 g/mol. The van der Waals surface area contributed by atoms with E-state index in [1.54, 1.807) is 62.3 Å². The Labute approximate surface area is 813 Å². The molecule has 0 aromatic heterocycles. The second kappa shape index (κ2) is 42.0. The van der Waals surface area contributed by atoms with Gasteiger partial charge in [0, 0.05) is 26.1 Å². The van der Waals surface area contributed by atoms with Gasteiger partial charge < -0.3 is 98.7 Å². The SMILES string of the molecule is CC(C)(C)[C@H](NC(=O)N[C@H](C(=O)N1C[C@H]2[C@@H]([C@H]1C(=O)NC(CC1CCC1)C(=O)C(N)=O)C2(C)C)C(C)(C)C)C(=O)OC1CCOC1.CC(C)(C)[C@H](NC(=O)N[C@H](C(=O)OCC1CC1)C1(C(F)(F)F)CC1)C(=O)N1C[C@H]2[C@@H]([C@H]1C(=O)NC(CC1CCC1)C(=O)C(N)=O)C2(C)C.CC(C)[C@H](NC(=O)N[C@H](C(=O)N1C[C@H]2[C@@H]([C@H]1C(=O)NC(CC1CCC1)C(=O)C(N)=O)C2(C)C)C(C)(C)C)C(=O)OC1CCCC1. The van der Waals surface area contributed by atoms with Crippen LogP contribution in [0.2, 0.25) is 0 Å². The fourth-order valence-electron chi connectivity index (χ4n) is 22.0. The molecule has 13 aliphatic rings. The lowest BCUT2D eigenvalue weighted by Gasteiger charge is -2.38. The van der Waals surface area contributed by atoms with Crippen LogP contribution in [0.4, 0.5) is 27.6 Å². The summed E-state index contributed by atoms with van der Waals surface area (Å²) in [6.45, 7) is 38.6. The molecule has 19 atom stereocenters. The van der Waals surface area contributed by atoms with Crippen molar-refractivity contribution in [2.24, 2.45) is 126 Å². The summed E-state index contributed by atoms with van der Waals surface area (Å²) in [4.78, 5) is 241. The van der Waals surface area contributed by atoms with Crippen LogP contribution < -0.4 is 65.1 Å². The van der Waals surface area contributed by atoms with Gasteiger partial charge in [-0.2, -0.15) is 13.2 Å². The van der Waals surface area contributed by atoms with Gasteiger partial charge in [0.05, 0.1) is 43.4 Å². The van der Waals surface area contributed by atoms with E-state index in [0.717, 1.165) is 96.3 Å². The van der Waals surface area contributed by atoms with Gasteiger partial charge in [-0.1, -0.05) is 196 Å². The molecule has 40 heteroatoms. The molecular weight excluding hydrogens is 1810 g/mol. The van der Waals surface area contributed by atoms with Crippen LogP contribution >= 0.6 is 0 Å². The predicted molar refractivity (Wildman–Crippen MR) is 499 cm³/mol. The van der Waals surface area contributed by atoms with Crippen molar-refractivity contribution >= 4 is 107 Å². The lowest BCUT2D eigenvalue weighted by molar-refractivity contribution is -0.202. The molecule has 9 saturated carbocycles. The van der Waals surface area contributed by atoms with Crippen molar-refractivity contribution in [2.45, 2.75) is 364 Å². The van der Waals surface area contributed by atoms with Crippen LogP contribution in [0.25, 0.3) is 0 Å². The van der Waals surface area contributed by atoms with Gasteiger partial charge in [-0.25, -0.2) is 28.8 Å². The molecule has 15 N–H and O–H groups in total. The zero-order valence-corrected chi connectivity index (χ0v) is 84.7. The van der Waals surface area contributed by atoms with E-state index in [1.807, 2.05) is 62.3 Å². The third-order valence-electron chi connectivity index (χ3n) is 32.4. The van der Waals surface area contributed by atoms with E-state index in [4.69, 9.17) is 36.1 Å². The molecule has 4 unspecified atom stereocenters. The average Bonchev–Trinajstić information content (AvgIpc) is 1.53. The number of nitrogens with zero attached hydrogens (tertiary/aromatic N) is 3. The minimum absolute atomic E-state index is 0.0285. The number of piperidine rings is 3. The standard InChI is InChI=1S/C33H48F3N5O7.C33H53N5O8.C33H53N5O7/c1-30(2,3)23(39-29(47)40-24(28(46)48-15-17-9-10-17)32(11-12-32)33(34,35)36)27(45)41-14-18-20(31(18,4)5)21(41)26(44)38-19(22(42)25(37)43)13-16-7-6-8-16;1-31(2,3)24(36-30(44)37-25(32(4,5)6)29(43)46-18-12-13-45-16-18)28(42)38-15-19-21(33(19,7)8)22(38)27(41)35-20(23(39)26(34)40)14-17-10-9-11-17;1-17(2)23(30(43)45-19-13-8-9-14-19)36-31(44)37-26(32(3,4)5)29(42)38-16-20-22(33(20,6)7)24(38)28(41)35-21(25(39)27(34)40)15-18-11-10-12-18/h16-21,23-24H,6-15H2,1-5H3,(H2,37,43)(H,38,44)(H2,39,40,47);17-22,24-25H,9-16H2,1-8H3,(H2,34,40)(H,35,41)(H2,36,37,44);17-24,26H,8-16H2,1-7H3,(H2,34,40)(H,35,41)(H2,36,37,44)/t18-,19?,20-,21-,23+,24+;18?,19-,20?,21-,22-,24+,25+;20-,21?,22-,23-,24-,26+/m000/s1. The molecule has 15 amide bonds. The number of rotatable bonds is 36. The molecular formula is C99H154F3N15O22. The molecule has 0 radical (unpaired) electrons. The maximum Gasteiger partial charge on any atom is 0.397 e. The normalized spacial score (nSPS) is 27.0. The van der Waals surface area contributed by atoms with Crippen LogP contribution in [0.5, 0.6) is 0 Å². The Hall–Kier alpha value is -9.79. The number of halogens is 3. The second-order valence-electron chi connectivity index (χ2n) is 48.3. The number of nitrogens with two attached hydrogens (primary N) is 3. The highest BCUT2D eigenvalue weighted by atomic mass is 19.4. The number of hydrogen-bond acceptors (Lipinski definition) is 22. The lowest BCUT2D eigenvalue weighted by atomic mass is 9.80. The number of fused-ring (bicyclic) bond motifs is 3. The highest BCUT2D eigenvalue weighted by Crippen LogP contribution is 2.68. The number of Topliss-reactive ketones (excluding diaryl/α,β-unsaturated/α-hetero) is 3. The van der Waals surface area contributed by atoms with Crippen molar-refractivity contribution in [3.05, 3.63) is 0 Å². The number of alkyl halides is 3. The van der Waals surface area contributed by atoms with Gasteiger partial charge in [-0.15, -0.1) is 0 Å². The van der Waals surface area contributed by atoms with Crippen LogP contribution in [0.15, 0.2) is 0 Å². The zero-order valence-electron chi connectivity index (χ0n) is 84.7. The number of hydrogen-bond donors (Lipinski definition) is 12. The van der Waals surface area contributed by atoms with Crippen LogP contribution in [0.1, 0.15) is 273 Å². The van der Waals surface area contributed by atoms with E-state index in [9.17, 15) is 99.5 Å². The maximum absolute atomic E-state index is 14.3. The van der Waals surface area contributed by atoms with Gasteiger partial charge in [0.1, 0.15) is 66.6 Å². The fraction of sp³-hybridized carbons (Fsp3) is 0.818. The van der Waals surface area contributed by atoms with Gasteiger partial charge in [-0.05, 0) is 174 Å². The first-order chi connectivity index (χ1) is 64.3. The van der Waals surface area contributed by atoms with E-state index in [0.29, 0.717) is 45.6 Å². The van der Waals surface area contributed by atoms with Crippen LogP contribution in [0, 0.1) is 108 Å². The number of esters is 3. The molecule has 4 saturated heterocycles. The number of ketones is 3. The highest BCUT2D eigenvalue weighted by Gasteiger charge is 2.74. The number of carbonyl (C=O) groups excluding carboxylic acids is 18. The lowest BCUT2D eigenvalue weighted by Crippen LogP contribution is -2.63. The Kier molecular flexibility index (Phi) is 33.1. The number of carbonyl (C=O) groups is 18. The van der Waals surface area contributed by atoms with E-state index >= 15 is 0 Å². The molecule has 0 bridgehead atoms. The quantitative estimate of drug-likeness (QED) is 0.0177. The van der Waals surface area contributed by atoms with Gasteiger partial charge in [0.15, 0.2) is 0 Å². The Morgan fingerprint density at radius 2 is 0.712 bits per heavy atom. The zero-order chi connectivity index (χ0) is 103. The van der Waals surface area contributed by atoms with E-state index in [1.165, 1.54) is 14.7 Å². The molecule has 13 rings (SSSR count). The first kappa shape index (κ1) is 110. The maximum atomic E-state index is 14.3. The van der Waals surface area contributed by atoms with Crippen molar-refractivity contribution in [1.82, 2.24) is 62.6 Å². The first-order valence-electron chi connectivity index (χ1n) is 50.1.